The first-order valence-corrected chi connectivity index (χ1v) is 5.84. The van der Waals surface area contributed by atoms with Crippen LogP contribution in [0.1, 0.15) is 15.9 Å². The fourth-order valence-electron chi connectivity index (χ4n) is 2.11. The third-order valence-electron chi connectivity index (χ3n) is 3.03. The van der Waals surface area contributed by atoms with Crippen LogP contribution in [0, 0.1) is 6.92 Å². The van der Waals surface area contributed by atoms with Gasteiger partial charge in [0.25, 0.3) is 0 Å². The second kappa shape index (κ2) is 4.31. The number of H-pyrrole nitrogens is 1. The lowest BCUT2D eigenvalue weighted by Crippen LogP contribution is -2.15. The number of hydrogen-bond donors (Lipinski definition) is 2. The first kappa shape index (κ1) is 11.6. The minimum Gasteiger partial charge on any atom is -0.486 e. The molecule has 0 bridgehead atoms. The SMILES string of the molecule is Cc1cc2c(cc1-c1[nH]ncc1C(=O)O)OCCO2. The van der Waals surface area contributed by atoms with Crippen molar-refractivity contribution >= 4 is 5.97 Å². The lowest BCUT2D eigenvalue weighted by atomic mass is 10.0. The van der Waals surface area contributed by atoms with Gasteiger partial charge in [0.1, 0.15) is 18.8 Å². The topological polar surface area (TPSA) is 84.4 Å². The highest BCUT2D eigenvalue weighted by Gasteiger charge is 2.20. The van der Waals surface area contributed by atoms with Crippen LogP contribution in [-0.2, 0) is 0 Å². The molecule has 0 spiro atoms. The van der Waals surface area contributed by atoms with E-state index in [0.29, 0.717) is 30.4 Å². The lowest BCUT2D eigenvalue weighted by Gasteiger charge is -2.20. The molecular weight excluding hydrogens is 248 g/mol. The summed E-state index contributed by atoms with van der Waals surface area (Å²) in [6.07, 6.45) is 1.30. The molecule has 0 radical (unpaired) electrons. The molecule has 1 aliphatic heterocycles. The Labute approximate surface area is 109 Å². The summed E-state index contributed by atoms with van der Waals surface area (Å²) in [7, 11) is 0. The molecule has 98 valence electrons. The molecule has 1 aromatic heterocycles. The van der Waals surface area contributed by atoms with E-state index in [0.717, 1.165) is 11.1 Å². The van der Waals surface area contributed by atoms with Crippen molar-refractivity contribution in [2.75, 3.05) is 13.2 Å². The predicted molar refractivity (Wildman–Crippen MR) is 66.7 cm³/mol. The quantitative estimate of drug-likeness (QED) is 0.860. The second-order valence-corrected chi connectivity index (χ2v) is 4.27. The van der Waals surface area contributed by atoms with Gasteiger partial charge in [0.15, 0.2) is 11.5 Å². The highest BCUT2D eigenvalue weighted by molar-refractivity contribution is 5.95. The van der Waals surface area contributed by atoms with Gasteiger partial charge >= 0.3 is 5.97 Å². The number of carboxylic acid groups (broad SMARTS) is 1. The van der Waals surface area contributed by atoms with E-state index in [9.17, 15) is 4.79 Å². The Bertz CT molecular complexity index is 648. The van der Waals surface area contributed by atoms with Crippen molar-refractivity contribution in [3.8, 4) is 22.8 Å². The monoisotopic (exact) mass is 260 g/mol. The zero-order valence-electron chi connectivity index (χ0n) is 10.3. The van der Waals surface area contributed by atoms with Crippen LogP contribution in [0.15, 0.2) is 18.3 Å². The summed E-state index contributed by atoms with van der Waals surface area (Å²) in [6.45, 7) is 2.90. The van der Waals surface area contributed by atoms with E-state index in [4.69, 9.17) is 14.6 Å². The number of hydrogen-bond acceptors (Lipinski definition) is 4. The number of rotatable bonds is 2. The van der Waals surface area contributed by atoms with Gasteiger partial charge in [0, 0.05) is 5.56 Å². The Hall–Kier alpha value is -2.50. The molecule has 1 aliphatic rings. The number of carbonyl (C=O) groups is 1. The van der Waals surface area contributed by atoms with Crippen molar-refractivity contribution in [2.24, 2.45) is 0 Å². The van der Waals surface area contributed by atoms with Gasteiger partial charge in [-0.2, -0.15) is 5.10 Å². The molecule has 1 aromatic carbocycles. The van der Waals surface area contributed by atoms with E-state index in [1.54, 1.807) is 6.07 Å². The van der Waals surface area contributed by atoms with Crippen molar-refractivity contribution in [1.82, 2.24) is 10.2 Å². The maximum atomic E-state index is 11.1. The average molecular weight is 260 g/mol. The molecule has 0 fully saturated rings. The highest BCUT2D eigenvalue weighted by atomic mass is 16.6. The average Bonchev–Trinajstić information content (AvgIpc) is 2.87. The molecular formula is C13H12N2O4. The molecule has 0 saturated carbocycles. The van der Waals surface area contributed by atoms with Gasteiger partial charge in [-0.25, -0.2) is 4.79 Å². The number of aryl methyl sites for hydroxylation is 1. The molecule has 6 heteroatoms. The van der Waals surface area contributed by atoms with Crippen molar-refractivity contribution in [3.05, 3.63) is 29.5 Å². The van der Waals surface area contributed by atoms with Gasteiger partial charge in [0.05, 0.1) is 11.9 Å². The second-order valence-electron chi connectivity index (χ2n) is 4.27. The van der Waals surface area contributed by atoms with E-state index >= 15 is 0 Å². The van der Waals surface area contributed by atoms with E-state index < -0.39 is 5.97 Å². The summed E-state index contributed by atoms with van der Waals surface area (Å²) in [6, 6.07) is 3.63. The Kier molecular flexibility index (Phi) is 2.63. The Morgan fingerprint density at radius 3 is 2.68 bits per heavy atom. The fourth-order valence-corrected chi connectivity index (χ4v) is 2.11. The molecule has 3 rings (SSSR count). The van der Waals surface area contributed by atoms with Gasteiger partial charge in [-0.15, -0.1) is 0 Å². The summed E-state index contributed by atoms with van der Waals surface area (Å²) < 4.78 is 11.0. The Balaban J connectivity index is 2.14. The van der Waals surface area contributed by atoms with Crippen molar-refractivity contribution in [3.63, 3.8) is 0 Å². The van der Waals surface area contributed by atoms with Crippen molar-refractivity contribution in [1.29, 1.82) is 0 Å². The number of aromatic amines is 1. The van der Waals surface area contributed by atoms with E-state index in [-0.39, 0.29) is 5.56 Å². The van der Waals surface area contributed by atoms with Gasteiger partial charge in [-0.3, -0.25) is 5.10 Å². The third kappa shape index (κ3) is 1.91. The van der Waals surface area contributed by atoms with Gasteiger partial charge in [-0.05, 0) is 24.6 Å². The van der Waals surface area contributed by atoms with Crippen LogP contribution in [0.3, 0.4) is 0 Å². The summed E-state index contributed by atoms with van der Waals surface area (Å²) in [5.41, 5.74) is 2.26. The highest BCUT2D eigenvalue weighted by Crippen LogP contribution is 2.37. The number of benzene rings is 1. The first-order chi connectivity index (χ1) is 9.16. The van der Waals surface area contributed by atoms with Gasteiger partial charge < -0.3 is 14.6 Å². The van der Waals surface area contributed by atoms with Crippen molar-refractivity contribution in [2.45, 2.75) is 6.92 Å². The number of aromatic nitrogens is 2. The maximum absolute atomic E-state index is 11.1. The molecule has 2 N–H and O–H groups in total. The van der Waals surface area contributed by atoms with E-state index in [2.05, 4.69) is 10.2 Å². The standard InChI is InChI=1S/C13H12N2O4/c1-7-4-10-11(19-3-2-18-10)5-8(7)12-9(13(16)17)6-14-15-12/h4-6H,2-3H2,1H3,(H,14,15)(H,16,17). The number of ether oxygens (including phenoxy) is 2. The molecule has 2 aromatic rings. The number of aromatic carboxylic acids is 1. The smallest absolute Gasteiger partial charge is 0.339 e. The summed E-state index contributed by atoms with van der Waals surface area (Å²) >= 11 is 0. The Morgan fingerprint density at radius 2 is 2.00 bits per heavy atom. The van der Waals surface area contributed by atoms with E-state index in [1.165, 1.54) is 6.20 Å². The first-order valence-electron chi connectivity index (χ1n) is 5.84. The number of nitrogens with zero attached hydrogens (tertiary/aromatic N) is 1. The lowest BCUT2D eigenvalue weighted by molar-refractivity contribution is 0.0698. The van der Waals surface area contributed by atoms with Crippen LogP contribution in [0.5, 0.6) is 11.5 Å². The van der Waals surface area contributed by atoms with Crippen LogP contribution < -0.4 is 9.47 Å². The number of fused-ring (bicyclic) bond motifs is 1. The number of nitrogens with one attached hydrogen (secondary N) is 1. The Morgan fingerprint density at radius 1 is 1.32 bits per heavy atom. The van der Waals surface area contributed by atoms with Crippen LogP contribution in [0.2, 0.25) is 0 Å². The minimum absolute atomic E-state index is 0.139. The zero-order chi connectivity index (χ0) is 13.4. The zero-order valence-corrected chi connectivity index (χ0v) is 10.3. The molecule has 0 atom stereocenters. The van der Waals surface area contributed by atoms with Crippen LogP contribution in [0.25, 0.3) is 11.3 Å². The van der Waals surface area contributed by atoms with Crippen LogP contribution in [-0.4, -0.2) is 34.5 Å². The largest absolute Gasteiger partial charge is 0.486 e. The molecule has 0 saturated heterocycles. The minimum atomic E-state index is -1.02. The fraction of sp³-hybridized carbons (Fsp3) is 0.231. The molecule has 0 aliphatic carbocycles. The maximum Gasteiger partial charge on any atom is 0.339 e. The normalized spacial score (nSPS) is 13.3. The van der Waals surface area contributed by atoms with Crippen LogP contribution >= 0.6 is 0 Å². The molecule has 19 heavy (non-hydrogen) atoms. The van der Waals surface area contributed by atoms with Gasteiger partial charge in [0.2, 0.25) is 0 Å². The molecule has 0 amide bonds. The van der Waals surface area contributed by atoms with E-state index in [1.807, 2.05) is 13.0 Å². The summed E-state index contributed by atoms with van der Waals surface area (Å²) in [5, 5.41) is 15.6. The van der Waals surface area contributed by atoms with Crippen molar-refractivity contribution < 1.29 is 19.4 Å². The molecule has 0 unspecified atom stereocenters. The van der Waals surface area contributed by atoms with Gasteiger partial charge in [-0.1, -0.05) is 0 Å². The van der Waals surface area contributed by atoms with Crippen LogP contribution in [0.4, 0.5) is 0 Å². The summed E-state index contributed by atoms with van der Waals surface area (Å²) in [4.78, 5) is 11.1. The predicted octanol–water partition coefficient (Wildman–Crippen LogP) is 1.85. The molecule has 6 nitrogen and oxygen atoms in total. The number of carboxylic acids is 1. The summed E-state index contributed by atoms with van der Waals surface area (Å²) in [5.74, 6) is 0.291. The molecule has 2 heterocycles. The third-order valence-corrected chi connectivity index (χ3v) is 3.03.